The molecule has 2 fully saturated rings. The van der Waals surface area contributed by atoms with E-state index in [9.17, 15) is 13.8 Å². The molecule has 7 rings (SSSR count). The summed E-state index contributed by atoms with van der Waals surface area (Å²) < 4.78 is 39.4. The molecular formula is C38H49ClN4O6S. The number of hydrogen-bond acceptors (Lipinski definition) is 7. The van der Waals surface area contributed by atoms with Gasteiger partial charge in [0.15, 0.2) is 0 Å². The third-order valence-corrected chi connectivity index (χ3v) is 13.9. The van der Waals surface area contributed by atoms with E-state index in [-0.39, 0.29) is 29.2 Å². The zero-order valence-corrected chi connectivity index (χ0v) is 31.0. The molecule has 2 bridgehead atoms. The molecule has 12 heteroatoms. The van der Waals surface area contributed by atoms with E-state index in [0.29, 0.717) is 42.6 Å². The topological polar surface area (TPSA) is 119 Å². The number of ether oxygens (including phenoxy) is 3. The van der Waals surface area contributed by atoms with Crippen molar-refractivity contribution < 1.29 is 28.0 Å². The number of nitrogens with one attached hydrogen (secondary N) is 2. The molecule has 2 aromatic carbocycles. The molecule has 0 aromatic heterocycles. The molecule has 2 N–H and O–H groups in total. The Bertz CT molecular complexity index is 1810. The number of allylic oxidation sites excluding steroid dienone is 1. The Balaban J connectivity index is 1.27. The van der Waals surface area contributed by atoms with Crippen molar-refractivity contribution in [3.05, 3.63) is 70.3 Å². The third kappa shape index (κ3) is 7.03. The van der Waals surface area contributed by atoms with Gasteiger partial charge in [-0.05, 0) is 105 Å². The number of carbonyl (C=O) groups is 2. The van der Waals surface area contributed by atoms with Crippen molar-refractivity contribution in [3.8, 4) is 5.75 Å². The molecule has 1 spiro atoms. The van der Waals surface area contributed by atoms with Gasteiger partial charge in [0, 0.05) is 49.7 Å². The van der Waals surface area contributed by atoms with E-state index < -0.39 is 27.5 Å². The van der Waals surface area contributed by atoms with Crippen LogP contribution in [0, 0.1) is 17.8 Å². The summed E-state index contributed by atoms with van der Waals surface area (Å²) in [4.78, 5) is 29.4. The fourth-order valence-electron chi connectivity index (χ4n) is 8.48. The minimum atomic E-state index is -3.50. The Morgan fingerprint density at radius 3 is 2.76 bits per heavy atom. The van der Waals surface area contributed by atoms with E-state index in [1.807, 2.05) is 32.0 Å². The SMILES string of the molecule is CO[C@H]1/C=C/C[C@H](C)C[S@@](=O)(NC(=O)N[C@H]2C[C@@]2(C)OC)=NC(=O)c2ccc3c(c2)N(C[C@@H]2CC[C@H]21)C[C@@]1(CCCc2cc(Cl)ccc21)CO3. The lowest BCUT2D eigenvalue weighted by Gasteiger charge is -2.46. The molecule has 50 heavy (non-hydrogen) atoms. The summed E-state index contributed by atoms with van der Waals surface area (Å²) in [7, 11) is -0.140. The summed E-state index contributed by atoms with van der Waals surface area (Å²) in [6.45, 7) is 5.87. The lowest BCUT2D eigenvalue weighted by molar-refractivity contribution is 0.0131. The molecule has 5 aliphatic rings. The van der Waals surface area contributed by atoms with E-state index in [2.05, 4.69) is 43.6 Å². The molecule has 10 nitrogen and oxygen atoms in total. The summed E-state index contributed by atoms with van der Waals surface area (Å²) in [5, 5.41) is 3.58. The standard InChI is InChI=1S/C38H49ClN4O6S/c1-24-7-5-9-32(47-3)29-13-10-27(29)20-43-22-38(16-6-8-25-17-28(39)12-14-30(25)38)23-49-33-15-11-26(18-31(33)43)35(44)41-50(46,21-24)42-36(45)40-34-19-37(34,2)48-4/h5,9,11-12,14-15,17-18,24,27,29,32,34H,6-8,10,13,16,19-23H2,1-4H3,(H2,40,41,42,44,45,46)/b9-5+/t24-,27-,29+,32-,34-,37+,38-,50-/m0/s1. The maximum absolute atomic E-state index is 14.4. The minimum Gasteiger partial charge on any atom is -0.490 e. The van der Waals surface area contributed by atoms with Crippen molar-refractivity contribution in [2.24, 2.45) is 22.1 Å². The van der Waals surface area contributed by atoms with Crippen LogP contribution in [0.5, 0.6) is 5.75 Å². The molecule has 0 radical (unpaired) electrons. The van der Waals surface area contributed by atoms with Crippen LogP contribution >= 0.6 is 11.6 Å². The maximum atomic E-state index is 14.4. The van der Waals surface area contributed by atoms with E-state index in [1.54, 1.807) is 20.3 Å². The number of amides is 3. The number of hydrogen-bond donors (Lipinski definition) is 2. The van der Waals surface area contributed by atoms with Crippen LogP contribution in [0.3, 0.4) is 0 Å². The first-order chi connectivity index (χ1) is 23.9. The number of anilines is 1. The number of rotatable bonds is 4. The van der Waals surface area contributed by atoms with Crippen LogP contribution in [0.1, 0.15) is 73.9 Å². The summed E-state index contributed by atoms with van der Waals surface area (Å²) in [5.74, 6) is 0.677. The number of urea groups is 1. The number of halogens is 1. The zero-order chi connectivity index (χ0) is 35.3. The lowest BCUT2D eigenvalue weighted by atomic mass is 9.68. The number of benzene rings is 2. The van der Waals surface area contributed by atoms with Gasteiger partial charge < -0.3 is 24.4 Å². The number of carbonyl (C=O) groups excluding carboxylic acids is 2. The van der Waals surface area contributed by atoms with Crippen LogP contribution in [0.4, 0.5) is 10.5 Å². The van der Waals surface area contributed by atoms with Crippen molar-refractivity contribution >= 4 is 39.1 Å². The Kier molecular flexibility index (Phi) is 9.73. The van der Waals surface area contributed by atoms with Crippen molar-refractivity contribution in [3.63, 3.8) is 0 Å². The van der Waals surface area contributed by atoms with Crippen LogP contribution in [0.25, 0.3) is 0 Å². The number of fused-ring (bicyclic) bond motifs is 4. The second-order valence-corrected chi connectivity index (χ2v) is 17.7. The summed E-state index contributed by atoms with van der Waals surface area (Å²) in [6.07, 6.45) is 10.5. The van der Waals surface area contributed by atoms with Crippen LogP contribution in [-0.2, 0) is 31.2 Å². The zero-order valence-electron chi connectivity index (χ0n) is 29.4. The first-order valence-corrected chi connectivity index (χ1v) is 19.9. The van der Waals surface area contributed by atoms with Gasteiger partial charge in [-0.3, -0.25) is 9.52 Å². The second kappa shape index (κ2) is 13.8. The van der Waals surface area contributed by atoms with Crippen LogP contribution in [0.2, 0.25) is 5.02 Å². The highest BCUT2D eigenvalue weighted by molar-refractivity contribution is 7.92. The monoisotopic (exact) mass is 724 g/mol. The van der Waals surface area contributed by atoms with E-state index >= 15 is 0 Å². The van der Waals surface area contributed by atoms with Gasteiger partial charge >= 0.3 is 6.03 Å². The Morgan fingerprint density at radius 1 is 1.18 bits per heavy atom. The summed E-state index contributed by atoms with van der Waals surface area (Å²) in [5.41, 5.74) is 2.94. The molecule has 2 saturated carbocycles. The van der Waals surface area contributed by atoms with E-state index in [4.69, 9.17) is 25.8 Å². The van der Waals surface area contributed by atoms with Gasteiger partial charge in [0.1, 0.15) is 15.7 Å². The maximum Gasteiger partial charge on any atom is 0.327 e. The van der Waals surface area contributed by atoms with Crippen molar-refractivity contribution in [1.29, 1.82) is 0 Å². The summed E-state index contributed by atoms with van der Waals surface area (Å²) in [6, 6.07) is 10.7. The molecule has 0 saturated heterocycles. The highest BCUT2D eigenvalue weighted by Gasteiger charge is 2.52. The first-order valence-electron chi connectivity index (χ1n) is 17.9. The molecule has 2 heterocycles. The molecule has 270 valence electrons. The van der Waals surface area contributed by atoms with Gasteiger partial charge in [-0.25, -0.2) is 9.00 Å². The molecule has 0 unspecified atom stereocenters. The minimum absolute atomic E-state index is 0.0124. The number of nitrogens with zero attached hydrogens (tertiary/aromatic N) is 2. The predicted molar refractivity (Wildman–Crippen MR) is 195 cm³/mol. The van der Waals surface area contributed by atoms with Crippen LogP contribution < -0.4 is 19.7 Å². The van der Waals surface area contributed by atoms with Gasteiger partial charge in [-0.15, -0.1) is 4.36 Å². The molecule has 2 aromatic rings. The van der Waals surface area contributed by atoms with Gasteiger partial charge in [-0.2, -0.15) is 0 Å². The van der Waals surface area contributed by atoms with Gasteiger partial charge in [-0.1, -0.05) is 36.7 Å². The largest absolute Gasteiger partial charge is 0.490 e. The third-order valence-electron chi connectivity index (χ3n) is 11.7. The average Bonchev–Trinajstić information content (AvgIpc) is 3.75. The molecule has 2 aliphatic heterocycles. The second-order valence-electron chi connectivity index (χ2n) is 15.3. The molecular weight excluding hydrogens is 676 g/mol. The van der Waals surface area contributed by atoms with Gasteiger partial charge in [0.2, 0.25) is 0 Å². The fraction of sp³-hybridized carbons (Fsp3) is 0.579. The smallest absolute Gasteiger partial charge is 0.327 e. The van der Waals surface area contributed by atoms with E-state index in [0.717, 1.165) is 55.9 Å². The number of methoxy groups -OCH3 is 2. The molecule has 3 aliphatic carbocycles. The van der Waals surface area contributed by atoms with Crippen molar-refractivity contribution in [2.75, 3.05) is 44.6 Å². The van der Waals surface area contributed by atoms with Gasteiger partial charge in [0.05, 0.1) is 35.8 Å². The fourth-order valence-corrected chi connectivity index (χ4v) is 10.5. The van der Waals surface area contributed by atoms with Crippen LogP contribution in [0.15, 0.2) is 52.9 Å². The Morgan fingerprint density at radius 2 is 2.02 bits per heavy atom. The van der Waals surface area contributed by atoms with Crippen molar-refractivity contribution in [1.82, 2.24) is 10.0 Å². The lowest BCUT2D eigenvalue weighted by Crippen LogP contribution is -2.49. The van der Waals surface area contributed by atoms with Crippen LogP contribution in [-0.4, -0.2) is 73.6 Å². The summed E-state index contributed by atoms with van der Waals surface area (Å²) >= 11 is 6.45. The molecule has 3 amide bonds. The number of aryl methyl sites for hydroxylation is 1. The van der Waals surface area contributed by atoms with Crippen molar-refractivity contribution in [2.45, 2.75) is 82.0 Å². The Labute approximate surface area is 300 Å². The van der Waals surface area contributed by atoms with E-state index in [1.165, 1.54) is 11.1 Å². The quantitative estimate of drug-likeness (QED) is 0.348. The Hall–Kier alpha value is -3.12. The highest BCUT2D eigenvalue weighted by Crippen LogP contribution is 2.47. The average molecular weight is 725 g/mol. The first kappa shape index (κ1) is 35.3. The normalized spacial score (nSPS) is 35.7. The molecule has 8 atom stereocenters. The highest BCUT2D eigenvalue weighted by atomic mass is 35.5. The van der Waals surface area contributed by atoms with Gasteiger partial charge in [0.25, 0.3) is 5.91 Å². The predicted octanol–water partition coefficient (Wildman–Crippen LogP) is 6.45.